The van der Waals surface area contributed by atoms with Crippen LogP contribution in [0.4, 0.5) is 0 Å². The highest BCUT2D eigenvalue weighted by molar-refractivity contribution is 5.69. The first-order valence-corrected chi connectivity index (χ1v) is 25.4. The number of carbonyl (C=O) groups excluding carboxylic acids is 2. The van der Waals surface area contributed by atoms with E-state index in [9.17, 15) is 9.59 Å². The van der Waals surface area contributed by atoms with E-state index in [4.69, 9.17) is 14.2 Å². The standard InChI is InChI=1S/C51H101NO5/c1-8-12-22-32-47(33-23-13-9-2)40-44-56-50(53)38-28-20-16-18-26-36-49(55-43-31-30-42-52(7)46(5)6)37-27-19-17-21-29-39-51(54)57-45-41-48(34-24-14-10-3)35-25-15-11-4/h46-49H,8-45H2,1-7H3. The highest BCUT2D eigenvalue weighted by Crippen LogP contribution is 2.23. The fourth-order valence-corrected chi connectivity index (χ4v) is 8.05. The van der Waals surface area contributed by atoms with Gasteiger partial charge in [0.1, 0.15) is 0 Å². The Labute approximate surface area is 356 Å². The van der Waals surface area contributed by atoms with E-state index in [1.165, 1.54) is 148 Å². The summed E-state index contributed by atoms with van der Waals surface area (Å²) in [6.45, 7) is 16.8. The maximum Gasteiger partial charge on any atom is 0.305 e. The molecule has 0 amide bonds. The van der Waals surface area contributed by atoms with E-state index in [2.05, 4.69) is 53.5 Å². The van der Waals surface area contributed by atoms with E-state index < -0.39 is 0 Å². The van der Waals surface area contributed by atoms with Crippen LogP contribution in [0, 0.1) is 11.8 Å². The van der Waals surface area contributed by atoms with Crippen LogP contribution in [0.3, 0.4) is 0 Å². The summed E-state index contributed by atoms with van der Waals surface area (Å²) in [7, 11) is 2.21. The van der Waals surface area contributed by atoms with Gasteiger partial charge in [0.25, 0.3) is 0 Å². The average molecular weight is 808 g/mol. The Morgan fingerprint density at radius 1 is 0.421 bits per heavy atom. The first-order valence-electron chi connectivity index (χ1n) is 25.4. The molecule has 57 heavy (non-hydrogen) atoms. The molecule has 340 valence electrons. The molecule has 0 heterocycles. The molecule has 0 rings (SSSR count). The van der Waals surface area contributed by atoms with Gasteiger partial charge in [0, 0.05) is 25.5 Å². The van der Waals surface area contributed by atoms with Gasteiger partial charge in [-0.15, -0.1) is 0 Å². The molecule has 0 atom stereocenters. The summed E-state index contributed by atoms with van der Waals surface area (Å²) in [6, 6.07) is 0.589. The zero-order valence-corrected chi connectivity index (χ0v) is 39.7. The van der Waals surface area contributed by atoms with Crippen molar-refractivity contribution >= 4 is 11.9 Å². The predicted octanol–water partition coefficient (Wildman–Crippen LogP) is 15.4. The Morgan fingerprint density at radius 3 is 1.18 bits per heavy atom. The van der Waals surface area contributed by atoms with E-state index in [0.29, 0.717) is 50.0 Å². The van der Waals surface area contributed by atoms with E-state index in [1.807, 2.05) is 0 Å². The highest BCUT2D eigenvalue weighted by atomic mass is 16.5. The Kier molecular flexibility index (Phi) is 42.1. The number of nitrogens with zero attached hydrogens (tertiary/aromatic N) is 1. The van der Waals surface area contributed by atoms with E-state index in [-0.39, 0.29) is 11.9 Å². The molecule has 0 unspecified atom stereocenters. The van der Waals surface area contributed by atoms with Crippen LogP contribution in [0.5, 0.6) is 0 Å². The van der Waals surface area contributed by atoms with Gasteiger partial charge < -0.3 is 19.1 Å². The largest absolute Gasteiger partial charge is 0.466 e. The molecule has 0 saturated heterocycles. The van der Waals surface area contributed by atoms with Crippen LogP contribution in [0.15, 0.2) is 0 Å². The van der Waals surface area contributed by atoms with Gasteiger partial charge in [-0.3, -0.25) is 9.59 Å². The average Bonchev–Trinajstić information content (AvgIpc) is 3.19. The zero-order chi connectivity index (χ0) is 42.0. The minimum Gasteiger partial charge on any atom is -0.466 e. The molecule has 6 nitrogen and oxygen atoms in total. The second kappa shape index (κ2) is 43.0. The van der Waals surface area contributed by atoms with E-state index in [0.717, 1.165) is 70.9 Å². The number of hydrogen-bond donors (Lipinski definition) is 0. The van der Waals surface area contributed by atoms with Gasteiger partial charge in [0.2, 0.25) is 0 Å². The molecule has 0 N–H and O–H groups in total. The summed E-state index contributed by atoms with van der Waals surface area (Å²) < 4.78 is 17.8. The van der Waals surface area contributed by atoms with Crippen LogP contribution in [0.2, 0.25) is 0 Å². The summed E-state index contributed by atoms with van der Waals surface area (Å²) >= 11 is 0. The lowest BCUT2D eigenvalue weighted by Crippen LogP contribution is -2.27. The number of unbranched alkanes of at least 4 members (excludes halogenated alkanes) is 17. The molecule has 0 spiro atoms. The highest BCUT2D eigenvalue weighted by Gasteiger charge is 2.13. The van der Waals surface area contributed by atoms with Crippen LogP contribution >= 0.6 is 0 Å². The van der Waals surface area contributed by atoms with Crippen LogP contribution in [-0.4, -0.2) is 62.4 Å². The first kappa shape index (κ1) is 55.9. The number of carbonyl (C=O) groups is 2. The number of esters is 2. The van der Waals surface area contributed by atoms with Gasteiger partial charge in [0.05, 0.1) is 19.3 Å². The van der Waals surface area contributed by atoms with Crippen molar-refractivity contribution in [3.8, 4) is 0 Å². The number of rotatable bonds is 45. The normalized spacial score (nSPS) is 11.9. The first-order chi connectivity index (χ1) is 27.8. The molecular formula is C51H101NO5. The van der Waals surface area contributed by atoms with E-state index in [1.54, 1.807) is 0 Å². The van der Waals surface area contributed by atoms with Crippen molar-refractivity contribution in [3.05, 3.63) is 0 Å². The lowest BCUT2D eigenvalue weighted by atomic mass is 9.92. The van der Waals surface area contributed by atoms with Gasteiger partial charge in [0.15, 0.2) is 0 Å². The van der Waals surface area contributed by atoms with Crippen molar-refractivity contribution in [1.82, 2.24) is 4.90 Å². The maximum absolute atomic E-state index is 12.4. The molecule has 0 saturated carbocycles. The van der Waals surface area contributed by atoms with Crippen molar-refractivity contribution in [1.29, 1.82) is 0 Å². The number of ether oxygens (including phenoxy) is 3. The Morgan fingerprint density at radius 2 is 0.789 bits per heavy atom. The SMILES string of the molecule is CCCCCC(CCCCC)CCOC(=O)CCCCCCCC(CCCCCCCC(=O)OCCC(CCCCC)CCCCC)OCCCCN(C)C(C)C. The molecule has 0 aromatic heterocycles. The molecule has 0 bridgehead atoms. The third kappa shape index (κ3) is 38.8. The Hall–Kier alpha value is -1.14. The van der Waals surface area contributed by atoms with Crippen molar-refractivity contribution in [2.45, 2.75) is 272 Å². The fourth-order valence-electron chi connectivity index (χ4n) is 8.05. The molecule has 6 heteroatoms. The minimum atomic E-state index is -0.00135. The van der Waals surface area contributed by atoms with E-state index >= 15 is 0 Å². The molecule has 0 fully saturated rings. The predicted molar refractivity (Wildman–Crippen MR) is 246 cm³/mol. The Bertz CT molecular complexity index is 773. The van der Waals surface area contributed by atoms with Crippen molar-refractivity contribution in [3.63, 3.8) is 0 Å². The lowest BCUT2D eigenvalue weighted by molar-refractivity contribution is -0.145. The topological polar surface area (TPSA) is 65.1 Å². The second-order valence-corrected chi connectivity index (χ2v) is 18.1. The van der Waals surface area contributed by atoms with Gasteiger partial charge in [-0.2, -0.15) is 0 Å². The smallest absolute Gasteiger partial charge is 0.305 e. The summed E-state index contributed by atoms with van der Waals surface area (Å²) in [4.78, 5) is 27.3. The molecule has 0 aromatic rings. The summed E-state index contributed by atoms with van der Waals surface area (Å²) in [6.07, 6.45) is 40.1. The zero-order valence-electron chi connectivity index (χ0n) is 39.7. The van der Waals surface area contributed by atoms with Crippen molar-refractivity contribution < 1.29 is 23.8 Å². The second-order valence-electron chi connectivity index (χ2n) is 18.1. The Balaban J connectivity index is 4.34. The molecule has 0 aliphatic heterocycles. The molecule has 0 radical (unpaired) electrons. The van der Waals surface area contributed by atoms with Gasteiger partial charge >= 0.3 is 11.9 Å². The van der Waals surface area contributed by atoms with Gasteiger partial charge in [-0.05, 0) is 90.6 Å². The van der Waals surface area contributed by atoms with Crippen LogP contribution in [0.1, 0.15) is 260 Å². The van der Waals surface area contributed by atoms with Crippen LogP contribution < -0.4 is 0 Å². The third-order valence-electron chi connectivity index (χ3n) is 12.4. The maximum atomic E-state index is 12.4. The fraction of sp³-hybridized carbons (Fsp3) is 0.961. The molecule has 0 aromatic carbocycles. The summed E-state index contributed by atoms with van der Waals surface area (Å²) in [5, 5.41) is 0. The molecule has 0 aliphatic carbocycles. The molecular weight excluding hydrogens is 707 g/mol. The van der Waals surface area contributed by atoms with Crippen molar-refractivity contribution in [2.75, 3.05) is 33.4 Å². The lowest BCUT2D eigenvalue weighted by Gasteiger charge is -2.21. The molecule has 0 aliphatic rings. The van der Waals surface area contributed by atoms with Crippen LogP contribution in [0.25, 0.3) is 0 Å². The van der Waals surface area contributed by atoms with Crippen molar-refractivity contribution in [2.24, 2.45) is 11.8 Å². The monoisotopic (exact) mass is 808 g/mol. The summed E-state index contributed by atoms with van der Waals surface area (Å²) in [5.41, 5.74) is 0. The quantitative estimate of drug-likeness (QED) is 0.0451. The summed E-state index contributed by atoms with van der Waals surface area (Å²) in [5.74, 6) is 1.42. The number of hydrogen-bond acceptors (Lipinski definition) is 6. The third-order valence-corrected chi connectivity index (χ3v) is 12.4. The minimum absolute atomic E-state index is 0.00135. The van der Waals surface area contributed by atoms with Gasteiger partial charge in [-0.1, -0.05) is 182 Å². The van der Waals surface area contributed by atoms with Crippen LogP contribution in [-0.2, 0) is 23.8 Å². The van der Waals surface area contributed by atoms with Gasteiger partial charge in [-0.25, -0.2) is 0 Å².